The third-order valence-corrected chi connectivity index (χ3v) is 4.05. The Balaban J connectivity index is 2.09. The van der Waals surface area contributed by atoms with E-state index in [-0.39, 0.29) is 5.75 Å². The summed E-state index contributed by atoms with van der Waals surface area (Å²) < 4.78 is 0. The molecule has 0 aliphatic heterocycles. The second kappa shape index (κ2) is 4.40. The standard InChI is InChI=1S/C15H10O3S/c16-12-4-3-9-7-11(2-1-10(9)8-12)13-5-6-14(19-13)15(17)18/h1-8,16H,(H,17,18). The Morgan fingerprint density at radius 3 is 2.42 bits per heavy atom. The van der Waals surface area contributed by atoms with Crippen LogP contribution >= 0.6 is 11.3 Å². The van der Waals surface area contributed by atoms with Crippen molar-refractivity contribution in [1.29, 1.82) is 0 Å². The van der Waals surface area contributed by atoms with Crippen LogP contribution in [0.25, 0.3) is 21.2 Å². The fourth-order valence-corrected chi connectivity index (χ4v) is 2.84. The van der Waals surface area contributed by atoms with E-state index in [0.717, 1.165) is 21.2 Å². The van der Waals surface area contributed by atoms with Gasteiger partial charge in [0, 0.05) is 4.88 Å². The number of thiophene rings is 1. The Morgan fingerprint density at radius 2 is 1.68 bits per heavy atom. The average molecular weight is 270 g/mol. The molecule has 19 heavy (non-hydrogen) atoms. The number of aromatic hydroxyl groups is 1. The number of carboxylic acid groups (broad SMARTS) is 1. The fourth-order valence-electron chi connectivity index (χ4n) is 1.99. The van der Waals surface area contributed by atoms with E-state index in [4.69, 9.17) is 5.11 Å². The molecule has 0 aliphatic rings. The largest absolute Gasteiger partial charge is 0.508 e. The summed E-state index contributed by atoms with van der Waals surface area (Å²) in [5.74, 6) is -0.661. The van der Waals surface area contributed by atoms with Crippen molar-refractivity contribution in [3.05, 3.63) is 53.4 Å². The highest BCUT2D eigenvalue weighted by atomic mass is 32.1. The first-order valence-electron chi connectivity index (χ1n) is 5.70. The van der Waals surface area contributed by atoms with Crippen molar-refractivity contribution < 1.29 is 15.0 Å². The molecule has 0 spiro atoms. The summed E-state index contributed by atoms with van der Waals surface area (Å²) >= 11 is 1.26. The summed E-state index contributed by atoms with van der Waals surface area (Å²) in [5, 5.41) is 20.3. The zero-order valence-corrected chi connectivity index (χ0v) is 10.6. The molecule has 0 unspecified atom stereocenters. The molecule has 3 nitrogen and oxygen atoms in total. The van der Waals surface area contributed by atoms with E-state index < -0.39 is 5.97 Å². The van der Waals surface area contributed by atoms with Crippen molar-refractivity contribution in [3.8, 4) is 16.2 Å². The number of hydrogen-bond donors (Lipinski definition) is 2. The highest BCUT2D eigenvalue weighted by molar-refractivity contribution is 7.17. The first kappa shape index (κ1) is 11.7. The maximum Gasteiger partial charge on any atom is 0.345 e. The lowest BCUT2D eigenvalue weighted by molar-refractivity contribution is 0.0702. The molecule has 2 N–H and O–H groups in total. The number of fused-ring (bicyclic) bond motifs is 1. The van der Waals surface area contributed by atoms with Crippen molar-refractivity contribution in [2.75, 3.05) is 0 Å². The smallest absolute Gasteiger partial charge is 0.345 e. The Bertz CT molecular complexity index is 774. The molecule has 1 aromatic heterocycles. The van der Waals surface area contributed by atoms with Gasteiger partial charge in [0.15, 0.2) is 0 Å². The van der Waals surface area contributed by atoms with Gasteiger partial charge in [0.1, 0.15) is 10.6 Å². The van der Waals surface area contributed by atoms with Crippen LogP contribution in [0.4, 0.5) is 0 Å². The minimum atomic E-state index is -0.901. The van der Waals surface area contributed by atoms with Crippen molar-refractivity contribution in [2.24, 2.45) is 0 Å². The van der Waals surface area contributed by atoms with Crippen molar-refractivity contribution in [1.82, 2.24) is 0 Å². The number of phenols is 1. The van der Waals surface area contributed by atoms with Gasteiger partial charge in [0.2, 0.25) is 0 Å². The molecule has 1 heterocycles. The summed E-state index contributed by atoms with van der Waals surface area (Å²) in [7, 11) is 0. The highest BCUT2D eigenvalue weighted by Gasteiger charge is 2.08. The van der Waals surface area contributed by atoms with Crippen molar-refractivity contribution >= 4 is 28.1 Å². The Kier molecular flexibility index (Phi) is 2.72. The topological polar surface area (TPSA) is 57.5 Å². The highest BCUT2D eigenvalue weighted by Crippen LogP contribution is 2.31. The first-order valence-corrected chi connectivity index (χ1v) is 6.51. The van der Waals surface area contributed by atoms with Gasteiger partial charge in [-0.1, -0.05) is 18.2 Å². The van der Waals surface area contributed by atoms with Gasteiger partial charge < -0.3 is 10.2 Å². The van der Waals surface area contributed by atoms with E-state index in [9.17, 15) is 9.90 Å². The van der Waals surface area contributed by atoms with Gasteiger partial charge in [-0.25, -0.2) is 4.79 Å². The number of phenolic OH excluding ortho intramolecular Hbond substituents is 1. The number of carbonyl (C=O) groups is 1. The Hall–Kier alpha value is -2.33. The molecular formula is C15H10O3S. The molecular weight excluding hydrogens is 260 g/mol. The first-order chi connectivity index (χ1) is 9.13. The summed E-state index contributed by atoms with van der Waals surface area (Å²) in [5.41, 5.74) is 0.982. The third-order valence-electron chi connectivity index (χ3n) is 2.93. The van der Waals surface area contributed by atoms with E-state index in [0.29, 0.717) is 4.88 Å². The van der Waals surface area contributed by atoms with Crippen LogP contribution in [-0.4, -0.2) is 16.2 Å². The van der Waals surface area contributed by atoms with E-state index in [1.807, 2.05) is 30.3 Å². The van der Waals surface area contributed by atoms with E-state index in [1.54, 1.807) is 18.2 Å². The molecule has 0 amide bonds. The summed E-state index contributed by atoms with van der Waals surface area (Å²) in [6.45, 7) is 0. The van der Waals surface area contributed by atoms with Crippen LogP contribution in [0.3, 0.4) is 0 Å². The Morgan fingerprint density at radius 1 is 0.947 bits per heavy atom. The molecule has 4 heteroatoms. The molecule has 0 radical (unpaired) electrons. The molecule has 0 atom stereocenters. The van der Waals surface area contributed by atoms with Crippen molar-refractivity contribution in [2.45, 2.75) is 0 Å². The molecule has 0 bridgehead atoms. The molecule has 2 aromatic carbocycles. The minimum Gasteiger partial charge on any atom is -0.508 e. The van der Waals surface area contributed by atoms with Crippen LogP contribution in [0.1, 0.15) is 9.67 Å². The zero-order valence-electron chi connectivity index (χ0n) is 9.83. The average Bonchev–Trinajstić information content (AvgIpc) is 2.88. The van der Waals surface area contributed by atoms with Crippen LogP contribution in [0, 0.1) is 0 Å². The summed E-state index contributed by atoms with van der Waals surface area (Å²) in [6, 6.07) is 14.5. The SMILES string of the molecule is O=C(O)c1ccc(-c2ccc3cc(O)ccc3c2)s1. The lowest BCUT2D eigenvalue weighted by atomic mass is 10.1. The number of rotatable bonds is 2. The third kappa shape index (κ3) is 2.18. The quantitative estimate of drug-likeness (QED) is 0.740. The lowest BCUT2D eigenvalue weighted by Gasteiger charge is -2.02. The predicted molar refractivity (Wildman–Crippen MR) is 75.9 cm³/mol. The fraction of sp³-hybridized carbons (Fsp3) is 0. The molecule has 0 aliphatic carbocycles. The zero-order chi connectivity index (χ0) is 13.4. The molecule has 0 fully saturated rings. The van der Waals surface area contributed by atoms with Crippen LogP contribution < -0.4 is 0 Å². The van der Waals surface area contributed by atoms with Crippen molar-refractivity contribution in [3.63, 3.8) is 0 Å². The van der Waals surface area contributed by atoms with E-state index >= 15 is 0 Å². The maximum atomic E-state index is 10.9. The number of benzene rings is 2. The lowest BCUT2D eigenvalue weighted by Crippen LogP contribution is -1.89. The normalized spacial score (nSPS) is 10.7. The molecule has 0 saturated carbocycles. The van der Waals surface area contributed by atoms with Crippen LogP contribution in [0.2, 0.25) is 0 Å². The monoisotopic (exact) mass is 270 g/mol. The van der Waals surface area contributed by atoms with E-state index in [2.05, 4.69) is 0 Å². The maximum absolute atomic E-state index is 10.9. The van der Waals surface area contributed by atoms with Gasteiger partial charge in [-0.15, -0.1) is 11.3 Å². The van der Waals surface area contributed by atoms with Gasteiger partial charge in [0.05, 0.1) is 0 Å². The number of aromatic carboxylic acids is 1. The summed E-state index contributed by atoms with van der Waals surface area (Å²) in [4.78, 5) is 12.1. The van der Waals surface area contributed by atoms with E-state index in [1.165, 1.54) is 11.3 Å². The van der Waals surface area contributed by atoms with Crippen LogP contribution in [0.15, 0.2) is 48.5 Å². The van der Waals surface area contributed by atoms with Crippen LogP contribution in [0.5, 0.6) is 5.75 Å². The van der Waals surface area contributed by atoms with Gasteiger partial charge in [-0.2, -0.15) is 0 Å². The molecule has 94 valence electrons. The second-order valence-corrected chi connectivity index (χ2v) is 5.30. The van der Waals surface area contributed by atoms with Gasteiger partial charge >= 0.3 is 5.97 Å². The van der Waals surface area contributed by atoms with Gasteiger partial charge in [-0.3, -0.25) is 0 Å². The molecule has 3 rings (SSSR count). The number of hydrogen-bond acceptors (Lipinski definition) is 3. The predicted octanol–water partition coefficient (Wildman–Crippen LogP) is 3.97. The molecule has 0 saturated heterocycles. The minimum absolute atomic E-state index is 0.240. The molecule has 3 aromatic rings. The number of carboxylic acids is 1. The van der Waals surface area contributed by atoms with Gasteiger partial charge in [-0.05, 0) is 46.7 Å². The summed E-state index contributed by atoms with van der Waals surface area (Å²) in [6.07, 6.45) is 0. The second-order valence-electron chi connectivity index (χ2n) is 4.22. The Labute approximate surface area is 113 Å². The van der Waals surface area contributed by atoms with Crippen LogP contribution in [-0.2, 0) is 0 Å². The van der Waals surface area contributed by atoms with Gasteiger partial charge in [0.25, 0.3) is 0 Å².